The summed E-state index contributed by atoms with van der Waals surface area (Å²) >= 11 is 3.50. The summed E-state index contributed by atoms with van der Waals surface area (Å²) in [5.74, 6) is -0.488. The number of rotatable bonds is 4. The van der Waals surface area contributed by atoms with Gasteiger partial charge in [-0.05, 0) is 11.6 Å². The summed E-state index contributed by atoms with van der Waals surface area (Å²) in [6, 6.07) is 7.41. The molecule has 1 aromatic rings. The second-order valence-electron chi connectivity index (χ2n) is 4.65. The van der Waals surface area contributed by atoms with Crippen LogP contribution in [0.5, 0.6) is 0 Å². The lowest BCUT2D eigenvalue weighted by Gasteiger charge is -2.34. The van der Waals surface area contributed by atoms with Crippen molar-refractivity contribution in [2.24, 2.45) is 0 Å². The molecule has 1 aromatic carbocycles. The molecule has 1 atom stereocenters. The van der Waals surface area contributed by atoms with Gasteiger partial charge in [-0.3, -0.25) is 14.5 Å². The highest BCUT2D eigenvalue weighted by Gasteiger charge is 2.32. The molecular weight excluding hydrogens is 324 g/mol. The lowest BCUT2D eigenvalue weighted by Crippen LogP contribution is -2.55. The molecule has 1 amide bonds. The molecule has 0 saturated carbocycles. The molecule has 2 rings (SSSR count). The van der Waals surface area contributed by atoms with Crippen LogP contribution in [0.2, 0.25) is 0 Å². The molecule has 1 saturated heterocycles. The zero-order valence-corrected chi connectivity index (χ0v) is 12.9. The first-order valence-corrected chi connectivity index (χ1v) is 7.23. The van der Waals surface area contributed by atoms with E-state index in [1.807, 2.05) is 29.2 Å². The number of nitrogens with one attached hydrogen (secondary N) is 1. The Kier molecular flexibility index (Phi) is 5.14. The van der Waals surface area contributed by atoms with Gasteiger partial charge < -0.3 is 10.1 Å². The molecule has 0 radical (unpaired) electrons. The number of benzene rings is 1. The SMILES string of the molecule is COC(=O)C[C@@H]1C(=O)NCCN1Cc1ccccc1Br. The molecule has 1 heterocycles. The summed E-state index contributed by atoms with van der Waals surface area (Å²) in [5.41, 5.74) is 1.09. The van der Waals surface area contributed by atoms with Crippen LogP contribution < -0.4 is 5.32 Å². The van der Waals surface area contributed by atoms with Crippen LogP contribution in [-0.2, 0) is 20.9 Å². The van der Waals surface area contributed by atoms with Crippen molar-refractivity contribution >= 4 is 27.8 Å². The third-order valence-corrected chi connectivity index (χ3v) is 4.13. The van der Waals surface area contributed by atoms with Gasteiger partial charge in [-0.2, -0.15) is 0 Å². The fourth-order valence-corrected chi connectivity index (χ4v) is 2.67. The van der Waals surface area contributed by atoms with Gasteiger partial charge in [-0.1, -0.05) is 34.1 Å². The monoisotopic (exact) mass is 340 g/mol. The van der Waals surface area contributed by atoms with Crippen LogP contribution in [0.3, 0.4) is 0 Å². The van der Waals surface area contributed by atoms with E-state index in [-0.39, 0.29) is 18.3 Å². The van der Waals surface area contributed by atoms with Gasteiger partial charge in [-0.15, -0.1) is 0 Å². The van der Waals surface area contributed by atoms with E-state index in [2.05, 4.69) is 26.0 Å². The Hall–Kier alpha value is -1.40. The summed E-state index contributed by atoms with van der Waals surface area (Å²) in [6.07, 6.45) is 0.0762. The number of hydrogen-bond donors (Lipinski definition) is 1. The predicted molar refractivity (Wildman–Crippen MR) is 78.0 cm³/mol. The van der Waals surface area contributed by atoms with E-state index in [0.29, 0.717) is 19.6 Å². The normalized spacial score (nSPS) is 19.5. The van der Waals surface area contributed by atoms with Gasteiger partial charge >= 0.3 is 5.97 Å². The van der Waals surface area contributed by atoms with Crippen molar-refractivity contribution in [3.63, 3.8) is 0 Å². The summed E-state index contributed by atoms with van der Waals surface area (Å²) in [7, 11) is 1.33. The van der Waals surface area contributed by atoms with Crippen LogP contribution in [0.15, 0.2) is 28.7 Å². The standard InChI is InChI=1S/C14H17BrN2O3/c1-20-13(18)8-12-14(19)16-6-7-17(12)9-10-4-2-3-5-11(10)15/h2-5,12H,6-9H2,1H3,(H,16,19)/t12-/m1/s1. The average Bonchev–Trinajstić information content (AvgIpc) is 2.44. The molecule has 0 unspecified atom stereocenters. The van der Waals surface area contributed by atoms with Crippen LogP contribution in [0.25, 0.3) is 0 Å². The van der Waals surface area contributed by atoms with Gasteiger partial charge in [0.2, 0.25) is 5.91 Å². The molecule has 1 aliphatic rings. The maximum atomic E-state index is 12.0. The van der Waals surface area contributed by atoms with Crippen molar-refractivity contribution in [3.8, 4) is 0 Å². The number of hydrogen-bond acceptors (Lipinski definition) is 4. The first-order valence-electron chi connectivity index (χ1n) is 6.44. The predicted octanol–water partition coefficient (Wildman–Crippen LogP) is 1.31. The number of amides is 1. The van der Waals surface area contributed by atoms with E-state index in [1.54, 1.807) is 0 Å². The van der Waals surface area contributed by atoms with E-state index in [1.165, 1.54) is 7.11 Å². The van der Waals surface area contributed by atoms with Crippen LogP contribution in [-0.4, -0.2) is 43.0 Å². The largest absolute Gasteiger partial charge is 0.469 e. The van der Waals surface area contributed by atoms with Crippen LogP contribution in [0.4, 0.5) is 0 Å². The number of esters is 1. The highest BCUT2D eigenvalue weighted by molar-refractivity contribution is 9.10. The fraction of sp³-hybridized carbons (Fsp3) is 0.429. The lowest BCUT2D eigenvalue weighted by atomic mass is 10.1. The van der Waals surface area contributed by atoms with Gasteiger partial charge in [0.05, 0.1) is 13.5 Å². The minimum absolute atomic E-state index is 0.0762. The second-order valence-corrected chi connectivity index (χ2v) is 5.50. The van der Waals surface area contributed by atoms with Crippen LogP contribution >= 0.6 is 15.9 Å². The van der Waals surface area contributed by atoms with Crippen molar-refractivity contribution in [3.05, 3.63) is 34.3 Å². The summed E-state index contributed by atoms with van der Waals surface area (Å²) < 4.78 is 5.67. The smallest absolute Gasteiger partial charge is 0.307 e. The third-order valence-electron chi connectivity index (χ3n) is 3.36. The first-order chi connectivity index (χ1) is 9.61. The molecule has 0 aromatic heterocycles. The lowest BCUT2D eigenvalue weighted by molar-refractivity contribution is -0.146. The minimum atomic E-state index is -0.469. The van der Waals surface area contributed by atoms with Crippen molar-refractivity contribution in [1.82, 2.24) is 10.2 Å². The second kappa shape index (κ2) is 6.85. The summed E-state index contributed by atoms with van der Waals surface area (Å²) in [4.78, 5) is 25.4. The molecule has 0 aliphatic carbocycles. The maximum Gasteiger partial charge on any atom is 0.307 e. The number of halogens is 1. The van der Waals surface area contributed by atoms with Crippen LogP contribution in [0, 0.1) is 0 Å². The molecule has 108 valence electrons. The van der Waals surface area contributed by atoms with Gasteiger partial charge in [-0.25, -0.2) is 0 Å². The number of carbonyl (C=O) groups excluding carboxylic acids is 2. The van der Waals surface area contributed by atoms with Crippen molar-refractivity contribution in [2.75, 3.05) is 20.2 Å². The molecule has 1 fully saturated rings. The third kappa shape index (κ3) is 3.58. The van der Waals surface area contributed by atoms with Crippen molar-refractivity contribution < 1.29 is 14.3 Å². The van der Waals surface area contributed by atoms with E-state index in [4.69, 9.17) is 0 Å². The van der Waals surface area contributed by atoms with Crippen LogP contribution in [0.1, 0.15) is 12.0 Å². The van der Waals surface area contributed by atoms with Crippen molar-refractivity contribution in [1.29, 1.82) is 0 Å². The Bertz CT molecular complexity index is 507. The van der Waals surface area contributed by atoms with Crippen molar-refractivity contribution in [2.45, 2.75) is 19.0 Å². The van der Waals surface area contributed by atoms with E-state index >= 15 is 0 Å². The maximum absolute atomic E-state index is 12.0. The number of ether oxygens (including phenoxy) is 1. The molecule has 1 aliphatic heterocycles. The molecule has 20 heavy (non-hydrogen) atoms. The number of carbonyl (C=O) groups is 2. The first kappa shape index (κ1) is 15.0. The Balaban J connectivity index is 2.12. The number of piperazine rings is 1. The molecule has 6 heteroatoms. The Morgan fingerprint density at radius 3 is 2.95 bits per heavy atom. The molecule has 0 bridgehead atoms. The average molecular weight is 341 g/mol. The zero-order valence-electron chi connectivity index (χ0n) is 11.3. The summed E-state index contributed by atoms with van der Waals surface area (Å²) in [5, 5.41) is 2.79. The van der Waals surface area contributed by atoms with Gasteiger partial charge in [0.25, 0.3) is 0 Å². The highest BCUT2D eigenvalue weighted by Crippen LogP contribution is 2.20. The molecule has 5 nitrogen and oxygen atoms in total. The Labute approximate surface area is 126 Å². The quantitative estimate of drug-likeness (QED) is 0.839. The van der Waals surface area contributed by atoms with Gasteiger partial charge in [0.1, 0.15) is 6.04 Å². The van der Waals surface area contributed by atoms with E-state index < -0.39 is 6.04 Å². The Morgan fingerprint density at radius 2 is 2.25 bits per heavy atom. The molecular formula is C14H17BrN2O3. The van der Waals surface area contributed by atoms with Gasteiger partial charge in [0.15, 0.2) is 0 Å². The van der Waals surface area contributed by atoms with Gasteiger partial charge in [0, 0.05) is 24.1 Å². The number of nitrogens with zero attached hydrogens (tertiary/aromatic N) is 1. The zero-order chi connectivity index (χ0) is 14.5. The van der Waals surface area contributed by atoms with E-state index in [0.717, 1.165) is 10.0 Å². The van der Waals surface area contributed by atoms with E-state index in [9.17, 15) is 9.59 Å². The summed E-state index contributed by atoms with van der Waals surface area (Å²) in [6.45, 7) is 1.94. The highest BCUT2D eigenvalue weighted by atomic mass is 79.9. The minimum Gasteiger partial charge on any atom is -0.469 e. The topological polar surface area (TPSA) is 58.6 Å². The fourth-order valence-electron chi connectivity index (χ4n) is 2.26. The molecule has 1 N–H and O–H groups in total. The number of methoxy groups -OCH3 is 1. The Morgan fingerprint density at radius 1 is 1.50 bits per heavy atom. The molecule has 0 spiro atoms.